The molecule has 1 saturated heterocycles. The Morgan fingerprint density at radius 1 is 1.06 bits per heavy atom. The summed E-state index contributed by atoms with van der Waals surface area (Å²) in [5.41, 5.74) is 4.22. The van der Waals surface area contributed by atoms with Crippen molar-refractivity contribution < 1.29 is 9.59 Å². The topological polar surface area (TPSA) is 69.3 Å². The number of piperidine rings is 1. The predicted molar refractivity (Wildman–Crippen MR) is 143 cm³/mol. The van der Waals surface area contributed by atoms with Crippen molar-refractivity contribution in [3.05, 3.63) is 100 Å². The highest BCUT2D eigenvalue weighted by Gasteiger charge is 2.33. The first-order chi connectivity index (χ1) is 17.6. The average Bonchev–Trinajstić information content (AvgIpc) is 3.65. The zero-order chi connectivity index (χ0) is 24.9. The smallest absolute Gasteiger partial charge is 0.271 e. The maximum Gasteiger partial charge on any atom is 0.271 e. The molecule has 3 heterocycles. The Bertz CT molecular complexity index is 1280. The molecule has 184 valence electrons. The maximum absolute atomic E-state index is 13.2. The Kier molecular flexibility index (Phi) is 7.28. The van der Waals surface area contributed by atoms with Gasteiger partial charge in [-0.2, -0.15) is 16.4 Å². The molecule has 36 heavy (non-hydrogen) atoms. The third kappa shape index (κ3) is 5.26. The summed E-state index contributed by atoms with van der Waals surface area (Å²) in [6, 6.07) is 24.0. The van der Waals surface area contributed by atoms with E-state index >= 15 is 0 Å². The number of aromatic amines is 1. The standard InChI is InChI=1S/C29H30N4O2S/c1-32(28(34)24-14-17-36-20-24)27(18-21-8-4-2-5-9-21)23-12-15-33(16-13-23)29(35)26-19-25(30-31-26)22-10-6-3-7-11-22/h2-11,14,17,19-20,23,27H,12-13,15-16,18H2,1H3,(H,30,31). The molecule has 0 radical (unpaired) electrons. The third-order valence-corrected chi connectivity index (χ3v) is 7.81. The number of likely N-dealkylation sites (N-methyl/N-ethyl adjacent to an activating group) is 1. The van der Waals surface area contributed by atoms with Crippen LogP contribution in [0.1, 0.15) is 39.3 Å². The van der Waals surface area contributed by atoms with E-state index in [1.165, 1.54) is 16.9 Å². The van der Waals surface area contributed by atoms with Crippen molar-refractivity contribution in [2.45, 2.75) is 25.3 Å². The van der Waals surface area contributed by atoms with Crippen LogP contribution >= 0.6 is 11.3 Å². The summed E-state index contributed by atoms with van der Waals surface area (Å²) in [7, 11) is 1.92. The van der Waals surface area contributed by atoms with Gasteiger partial charge in [-0.1, -0.05) is 60.7 Å². The van der Waals surface area contributed by atoms with Gasteiger partial charge in [0.1, 0.15) is 5.69 Å². The number of carbonyl (C=O) groups excluding carboxylic acids is 2. The predicted octanol–water partition coefficient (Wildman–Crippen LogP) is 5.37. The number of likely N-dealkylation sites (tertiary alicyclic amines) is 1. The molecule has 0 saturated carbocycles. The summed E-state index contributed by atoms with van der Waals surface area (Å²) in [5.74, 6) is 0.343. The maximum atomic E-state index is 13.2. The van der Waals surface area contributed by atoms with Gasteiger partial charge in [0.15, 0.2) is 0 Å². The molecule has 1 aliphatic rings. The van der Waals surface area contributed by atoms with Crippen molar-refractivity contribution in [3.8, 4) is 11.3 Å². The zero-order valence-corrected chi connectivity index (χ0v) is 21.2. The van der Waals surface area contributed by atoms with Gasteiger partial charge in [-0.3, -0.25) is 14.7 Å². The summed E-state index contributed by atoms with van der Waals surface area (Å²) in [6.07, 6.45) is 2.50. The summed E-state index contributed by atoms with van der Waals surface area (Å²) >= 11 is 1.54. The molecule has 2 aromatic carbocycles. The lowest BCUT2D eigenvalue weighted by atomic mass is 9.84. The number of amides is 2. The van der Waals surface area contributed by atoms with Crippen molar-refractivity contribution in [2.24, 2.45) is 5.92 Å². The summed E-state index contributed by atoms with van der Waals surface area (Å²) in [6.45, 7) is 1.32. The van der Waals surface area contributed by atoms with Crippen LogP contribution in [-0.2, 0) is 6.42 Å². The number of nitrogens with zero attached hydrogens (tertiary/aromatic N) is 3. The van der Waals surface area contributed by atoms with E-state index in [-0.39, 0.29) is 17.9 Å². The highest BCUT2D eigenvalue weighted by Crippen LogP contribution is 2.28. The normalized spacial score (nSPS) is 15.0. The van der Waals surface area contributed by atoms with Gasteiger partial charge in [0.25, 0.3) is 11.8 Å². The molecule has 4 aromatic rings. The average molecular weight is 499 g/mol. The number of H-pyrrole nitrogens is 1. The number of nitrogens with one attached hydrogen (secondary N) is 1. The van der Waals surface area contributed by atoms with Crippen LogP contribution in [0.15, 0.2) is 83.6 Å². The molecule has 1 unspecified atom stereocenters. The van der Waals surface area contributed by atoms with Crippen LogP contribution in [0.3, 0.4) is 0 Å². The Balaban J connectivity index is 1.27. The van der Waals surface area contributed by atoms with Crippen LogP contribution in [0.25, 0.3) is 11.3 Å². The van der Waals surface area contributed by atoms with Crippen LogP contribution in [-0.4, -0.2) is 58.0 Å². The summed E-state index contributed by atoms with van der Waals surface area (Å²) < 4.78 is 0. The van der Waals surface area contributed by atoms with Crippen LogP contribution in [0.5, 0.6) is 0 Å². The largest absolute Gasteiger partial charge is 0.338 e. The first-order valence-corrected chi connectivity index (χ1v) is 13.3. The second-order valence-corrected chi connectivity index (χ2v) is 10.1. The van der Waals surface area contributed by atoms with E-state index in [9.17, 15) is 9.59 Å². The number of benzene rings is 2. The van der Waals surface area contributed by atoms with E-state index in [2.05, 4.69) is 22.3 Å². The Hall–Kier alpha value is -3.71. The molecule has 2 amide bonds. The van der Waals surface area contributed by atoms with Gasteiger partial charge in [0.2, 0.25) is 0 Å². The molecule has 0 bridgehead atoms. The highest BCUT2D eigenvalue weighted by atomic mass is 32.1. The molecule has 6 nitrogen and oxygen atoms in total. The molecular formula is C29H30N4O2S. The van der Waals surface area contributed by atoms with Crippen LogP contribution in [0, 0.1) is 5.92 Å². The van der Waals surface area contributed by atoms with E-state index in [4.69, 9.17) is 0 Å². The molecule has 5 rings (SSSR count). The van der Waals surface area contributed by atoms with E-state index < -0.39 is 0 Å². The molecule has 2 aromatic heterocycles. The lowest BCUT2D eigenvalue weighted by Gasteiger charge is -2.40. The molecule has 1 N–H and O–H groups in total. The fourth-order valence-corrected chi connectivity index (χ4v) is 5.69. The van der Waals surface area contributed by atoms with Gasteiger partial charge in [0.05, 0.1) is 11.3 Å². The molecule has 0 spiro atoms. The number of aromatic nitrogens is 2. The van der Waals surface area contributed by atoms with Gasteiger partial charge >= 0.3 is 0 Å². The SMILES string of the molecule is CN(C(=O)c1ccsc1)C(Cc1ccccc1)C1CCN(C(=O)c2cc(-c3ccccc3)n[nH]2)CC1. The van der Waals surface area contributed by atoms with Crippen molar-refractivity contribution in [2.75, 3.05) is 20.1 Å². The van der Waals surface area contributed by atoms with Gasteiger partial charge in [-0.25, -0.2) is 0 Å². The number of rotatable bonds is 7. The molecule has 7 heteroatoms. The first kappa shape index (κ1) is 24.0. The minimum absolute atomic E-state index is 0.0227. The first-order valence-electron chi connectivity index (χ1n) is 12.3. The van der Waals surface area contributed by atoms with Gasteiger partial charge in [-0.05, 0) is 48.3 Å². The fraction of sp³-hybridized carbons (Fsp3) is 0.276. The lowest BCUT2D eigenvalue weighted by Crippen LogP contribution is -2.48. The monoisotopic (exact) mass is 498 g/mol. The van der Waals surface area contributed by atoms with Crippen LogP contribution < -0.4 is 0 Å². The summed E-state index contributed by atoms with van der Waals surface area (Å²) in [5, 5.41) is 11.1. The lowest BCUT2D eigenvalue weighted by molar-refractivity contribution is 0.0520. The minimum Gasteiger partial charge on any atom is -0.338 e. The Morgan fingerprint density at radius 2 is 1.75 bits per heavy atom. The number of carbonyl (C=O) groups is 2. The van der Waals surface area contributed by atoms with Crippen molar-refractivity contribution in [1.82, 2.24) is 20.0 Å². The number of thiophene rings is 1. The van der Waals surface area contributed by atoms with E-state index in [0.29, 0.717) is 24.7 Å². The van der Waals surface area contributed by atoms with Gasteiger partial charge < -0.3 is 9.80 Å². The third-order valence-electron chi connectivity index (χ3n) is 7.12. The summed E-state index contributed by atoms with van der Waals surface area (Å²) in [4.78, 5) is 30.2. The fourth-order valence-electron chi connectivity index (χ4n) is 5.06. The second kappa shape index (κ2) is 10.9. The van der Waals surface area contributed by atoms with E-state index in [1.54, 1.807) is 0 Å². The quantitative estimate of drug-likeness (QED) is 0.372. The van der Waals surface area contributed by atoms with E-state index in [1.807, 2.05) is 88.3 Å². The molecule has 0 aliphatic carbocycles. The van der Waals surface area contributed by atoms with Crippen LogP contribution in [0.2, 0.25) is 0 Å². The molecular weight excluding hydrogens is 468 g/mol. The molecule has 1 atom stereocenters. The van der Waals surface area contributed by atoms with Gasteiger partial charge in [-0.15, -0.1) is 0 Å². The highest BCUT2D eigenvalue weighted by molar-refractivity contribution is 7.08. The van der Waals surface area contributed by atoms with Crippen molar-refractivity contribution >= 4 is 23.2 Å². The number of hydrogen-bond donors (Lipinski definition) is 1. The minimum atomic E-state index is -0.0227. The molecule has 1 fully saturated rings. The van der Waals surface area contributed by atoms with E-state index in [0.717, 1.165) is 36.1 Å². The van der Waals surface area contributed by atoms with Gasteiger partial charge in [0, 0.05) is 37.1 Å². The van der Waals surface area contributed by atoms with Crippen molar-refractivity contribution in [1.29, 1.82) is 0 Å². The van der Waals surface area contributed by atoms with Crippen LogP contribution in [0.4, 0.5) is 0 Å². The second-order valence-electron chi connectivity index (χ2n) is 9.35. The van der Waals surface area contributed by atoms with Crippen molar-refractivity contribution in [3.63, 3.8) is 0 Å². The number of hydrogen-bond acceptors (Lipinski definition) is 4. The Labute approximate surface area is 215 Å². The molecule has 1 aliphatic heterocycles. The zero-order valence-electron chi connectivity index (χ0n) is 20.3. The Morgan fingerprint density at radius 3 is 2.42 bits per heavy atom.